The molecule has 0 aromatic carbocycles. The van der Waals surface area contributed by atoms with Gasteiger partial charge in [-0.1, -0.05) is 0 Å². The van der Waals surface area contributed by atoms with E-state index in [1.807, 2.05) is 0 Å². The van der Waals surface area contributed by atoms with Crippen LogP contribution in [0.1, 0.15) is 0 Å². The molecular weight excluding hydrogens is 266 g/mol. The number of rotatable bonds is 15. The fourth-order valence-corrected chi connectivity index (χ4v) is 1.62. The summed E-state index contributed by atoms with van der Waals surface area (Å²) < 4.78 is 31.5. The van der Waals surface area contributed by atoms with Gasteiger partial charge >= 0.3 is 0 Å². The van der Waals surface area contributed by atoms with E-state index in [0.29, 0.717) is 40.2 Å². The summed E-state index contributed by atoms with van der Waals surface area (Å²) in [5, 5.41) is 0. The fraction of sp³-hybridized carbons (Fsp3) is 1.00. The molecule has 122 valence electrons. The van der Waals surface area contributed by atoms with Gasteiger partial charge < -0.3 is 32.9 Å². The van der Waals surface area contributed by atoms with E-state index >= 15 is 0 Å². The van der Waals surface area contributed by atoms with Crippen LogP contribution < -0.4 is 0 Å². The first-order valence-corrected chi connectivity index (χ1v) is 6.72. The Morgan fingerprint density at radius 3 is 1.15 bits per heavy atom. The quantitative estimate of drug-likeness (QED) is 0.246. The van der Waals surface area contributed by atoms with Crippen molar-refractivity contribution in [3.63, 3.8) is 0 Å². The Morgan fingerprint density at radius 2 is 0.900 bits per heavy atom. The maximum atomic E-state index is 5.36. The molecule has 0 rings (SSSR count). The third kappa shape index (κ3) is 11.5. The van der Waals surface area contributed by atoms with Crippen molar-refractivity contribution in [2.45, 2.75) is 0 Å². The lowest BCUT2D eigenvalue weighted by atomic mass is 10.3. The van der Waals surface area contributed by atoms with E-state index in [0.717, 1.165) is 24.1 Å². The molecule has 0 aliphatic heterocycles. The molecule has 0 unspecified atom stereocenters. The number of ether oxygens (including phenoxy) is 6. The Hall–Kier alpha value is -0.280. The number of methoxy groups -OCH3 is 3. The average molecular weight is 296 g/mol. The van der Waals surface area contributed by atoms with Gasteiger partial charge in [0.1, 0.15) is 40.0 Å². The molecule has 0 fully saturated rings. The van der Waals surface area contributed by atoms with Crippen LogP contribution in [-0.4, -0.2) is 92.7 Å². The zero-order chi connectivity index (χ0) is 15.1. The summed E-state index contributed by atoms with van der Waals surface area (Å²) in [6.45, 7) is 5.49. The Morgan fingerprint density at radius 1 is 0.600 bits per heavy atom. The van der Waals surface area contributed by atoms with Crippen LogP contribution in [0.4, 0.5) is 0 Å². The van der Waals surface area contributed by atoms with Gasteiger partial charge in [-0.05, 0) is 0 Å². The first-order chi connectivity index (χ1) is 9.68. The van der Waals surface area contributed by atoms with Gasteiger partial charge in [0, 0.05) is 21.3 Å². The highest BCUT2D eigenvalue weighted by molar-refractivity contribution is 4.41. The van der Waals surface area contributed by atoms with Crippen molar-refractivity contribution in [2.24, 2.45) is 0 Å². The maximum Gasteiger partial charge on any atom is 0.146 e. The number of likely N-dealkylation sites (N-methyl/N-ethyl adjacent to an activating group) is 1. The molecule has 7 heteroatoms. The molecular formula is C13H30NO6+. The van der Waals surface area contributed by atoms with Gasteiger partial charge in [-0.15, -0.1) is 0 Å². The van der Waals surface area contributed by atoms with E-state index in [2.05, 4.69) is 7.05 Å². The van der Waals surface area contributed by atoms with Crippen molar-refractivity contribution in [3.8, 4) is 0 Å². The standard InChI is InChI=1S/C13H30NO6/c1-14(5-8-18-11-15-2,6-9-19-12-16-3)7-10-20-13-17-4/h5-13H2,1-4H3/q+1. The Balaban J connectivity index is 3.98. The summed E-state index contributed by atoms with van der Waals surface area (Å²) in [5.41, 5.74) is 0. The Labute approximate surface area is 122 Å². The lowest BCUT2D eigenvalue weighted by molar-refractivity contribution is -0.910. The average Bonchev–Trinajstić information content (AvgIpc) is 2.45. The second kappa shape index (κ2) is 13.7. The summed E-state index contributed by atoms with van der Waals surface area (Å²) in [4.78, 5) is 0. The SMILES string of the molecule is COCOCC[N+](C)(CCOCOC)CCOCOC. The van der Waals surface area contributed by atoms with Gasteiger partial charge in [-0.25, -0.2) is 0 Å². The van der Waals surface area contributed by atoms with Crippen LogP contribution in [-0.2, 0) is 28.4 Å². The third-order valence-corrected chi connectivity index (χ3v) is 2.93. The van der Waals surface area contributed by atoms with E-state index in [4.69, 9.17) is 28.4 Å². The second-order valence-corrected chi connectivity index (χ2v) is 4.73. The molecule has 0 saturated heterocycles. The summed E-state index contributed by atoms with van der Waals surface area (Å²) >= 11 is 0. The molecule has 0 heterocycles. The Kier molecular flexibility index (Phi) is 13.5. The van der Waals surface area contributed by atoms with E-state index in [9.17, 15) is 0 Å². The van der Waals surface area contributed by atoms with Gasteiger partial charge in [0.15, 0.2) is 0 Å². The summed E-state index contributed by atoms with van der Waals surface area (Å²) in [6, 6.07) is 0. The van der Waals surface area contributed by atoms with Gasteiger partial charge in [-0.3, -0.25) is 0 Å². The molecule has 0 aliphatic carbocycles. The van der Waals surface area contributed by atoms with Gasteiger partial charge in [0.05, 0.1) is 26.9 Å². The maximum absolute atomic E-state index is 5.36. The molecule has 0 saturated carbocycles. The highest BCUT2D eigenvalue weighted by Gasteiger charge is 2.21. The van der Waals surface area contributed by atoms with Crippen LogP contribution in [0.2, 0.25) is 0 Å². The van der Waals surface area contributed by atoms with Crippen molar-refractivity contribution in [2.75, 3.05) is 88.2 Å². The largest absolute Gasteiger partial charge is 0.359 e. The third-order valence-electron chi connectivity index (χ3n) is 2.93. The van der Waals surface area contributed by atoms with Crippen LogP contribution in [0.25, 0.3) is 0 Å². The lowest BCUT2D eigenvalue weighted by Crippen LogP contribution is -2.50. The summed E-state index contributed by atoms with van der Waals surface area (Å²) in [5.74, 6) is 0. The molecule has 0 radical (unpaired) electrons. The Bertz CT molecular complexity index is 174. The molecule has 0 aliphatic rings. The zero-order valence-corrected chi connectivity index (χ0v) is 13.3. The minimum absolute atomic E-state index is 0.320. The first kappa shape index (κ1) is 19.7. The second-order valence-electron chi connectivity index (χ2n) is 4.73. The van der Waals surface area contributed by atoms with Crippen LogP contribution in [0, 0.1) is 0 Å². The van der Waals surface area contributed by atoms with Crippen LogP contribution in [0.3, 0.4) is 0 Å². The van der Waals surface area contributed by atoms with Crippen molar-refractivity contribution < 1.29 is 32.9 Å². The van der Waals surface area contributed by atoms with Crippen molar-refractivity contribution in [3.05, 3.63) is 0 Å². The van der Waals surface area contributed by atoms with Crippen LogP contribution in [0.15, 0.2) is 0 Å². The number of nitrogens with zero attached hydrogens (tertiary/aromatic N) is 1. The molecule has 0 aromatic rings. The van der Waals surface area contributed by atoms with E-state index in [-0.39, 0.29) is 0 Å². The van der Waals surface area contributed by atoms with Crippen molar-refractivity contribution in [1.29, 1.82) is 0 Å². The molecule has 0 spiro atoms. The van der Waals surface area contributed by atoms with Gasteiger partial charge in [-0.2, -0.15) is 0 Å². The predicted octanol–water partition coefficient (Wildman–Crippen LogP) is 0.295. The van der Waals surface area contributed by atoms with Gasteiger partial charge in [0.25, 0.3) is 0 Å². The molecule has 7 nitrogen and oxygen atoms in total. The topological polar surface area (TPSA) is 55.4 Å². The van der Waals surface area contributed by atoms with Crippen molar-refractivity contribution in [1.82, 2.24) is 0 Å². The van der Waals surface area contributed by atoms with E-state index in [1.54, 1.807) is 21.3 Å². The summed E-state index contributed by atoms with van der Waals surface area (Å²) in [7, 11) is 7.00. The minimum atomic E-state index is 0.320. The minimum Gasteiger partial charge on any atom is -0.359 e. The lowest BCUT2D eigenvalue weighted by Gasteiger charge is -2.34. The number of hydrogen-bond acceptors (Lipinski definition) is 6. The van der Waals surface area contributed by atoms with E-state index in [1.165, 1.54) is 0 Å². The molecule has 20 heavy (non-hydrogen) atoms. The van der Waals surface area contributed by atoms with Crippen molar-refractivity contribution >= 4 is 0 Å². The van der Waals surface area contributed by atoms with Crippen LogP contribution in [0.5, 0.6) is 0 Å². The number of quaternary nitrogens is 1. The first-order valence-electron chi connectivity index (χ1n) is 6.72. The predicted molar refractivity (Wildman–Crippen MR) is 74.3 cm³/mol. The number of hydrogen-bond donors (Lipinski definition) is 0. The summed E-state index contributed by atoms with van der Waals surface area (Å²) in [6.07, 6.45) is 0. The molecule has 0 atom stereocenters. The normalized spacial score (nSPS) is 12.0. The highest BCUT2D eigenvalue weighted by Crippen LogP contribution is 2.03. The molecule has 0 N–H and O–H groups in total. The highest BCUT2D eigenvalue weighted by atomic mass is 16.7. The molecule has 0 bridgehead atoms. The molecule has 0 amide bonds. The van der Waals surface area contributed by atoms with Crippen LogP contribution >= 0.6 is 0 Å². The monoisotopic (exact) mass is 296 g/mol. The smallest absolute Gasteiger partial charge is 0.146 e. The zero-order valence-electron chi connectivity index (χ0n) is 13.3. The van der Waals surface area contributed by atoms with Gasteiger partial charge in [0.2, 0.25) is 0 Å². The van der Waals surface area contributed by atoms with E-state index < -0.39 is 0 Å². The molecule has 0 aromatic heterocycles. The fourth-order valence-electron chi connectivity index (χ4n) is 1.62.